The summed E-state index contributed by atoms with van der Waals surface area (Å²) in [4.78, 5) is 18.5. The zero-order chi connectivity index (χ0) is 16.5. The summed E-state index contributed by atoms with van der Waals surface area (Å²) in [6.45, 7) is 0.539. The number of ether oxygens (including phenoxy) is 2. The summed E-state index contributed by atoms with van der Waals surface area (Å²) >= 11 is 0. The fourth-order valence-corrected chi connectivity index (χ4v) is 3.47. The van der Waals surface area contributed by atoms with Gasteiger partial charge < -0.3 is 14.4 Å². The molecule has 132 valence electrons. The molecule has 0 spiro atoms. The van der Waals surface area contributed by atoms with Gasteiger partial charge in [-0.3, -0.25) is 9.78 Å². The van der Waals surface area contributed by atoms with Crippen molar-refractivity contribution in [2.75, 3.05) is 12.0 Å². The number of anilines is 1. The maximum absolute atomic E-state index is 12.6. The highest BCUT2D eigenvalue weighted by Gasteiger charge is 2.29. The zero-order valence-corrected chi connectivity index (χ0v) is 14.9. The molecule has 1 fully saturated rings. The predicted molar refractivity (Wildman–Crippen MR) is 97.9 cm³/mol. The summed E-state index contributed by atoms with van der Waals surface area (Å²) in [6, 6.07) is 7.46. The Hall–Kier alpha value is -2.27. The second kappa shape index (κ2) is 7.31. The number of pyridine rings is 1. The highest BCUT2D eigenvalue weighted by atomic mass is 35.5. The molecule has 2 aromatic rings. The monoisotopic (exact) mass is 360 g/mol. The van der Waals surface area contributed by atoms with E-state index in [-0.39, 0.29) is 24.4 Å². The van der Waals surface area contributed by atoms with Crippen LogP contribution in [-0.2, 0) is 6.54 Å². The molecule has 1 aliphatic heterocycles. The van der Waals surface area contributed by atoms with Gasteiger partial charge in [-0.15, -0.1) is 12.4 Å². The van der Waals surface area contributed by atoms with Crippen molar-refractivity contribution in [2.45, 2.75) is 38.3 Å². The van der Waals surface area contributed by atoms with Gasteiger partial charge in [0.25, 0.3) is 5.91 Å². The van der Waals surface area contributed by atoms with Gasteiger partial charge in [-0.05, 0) is 43.9 Å². The molecule has 1 saturated carbocycles. The maximum Gasteiger partial charge on any atom is 0.259 e. The number of carbonyl (C=O) groups excluding carboxylic acids is 1. The number of benzene rings is 1. The molecule has 0 N–H and O–H groups in total. The van der Waals surface area contributed by atoms with Crippen LogP contribution in [0.25, 0.3) is 0 Å². The molecule has 1 amide bonds. The molecule has 0 bridgehead atoms. The number of methoxy groups -OCH3 is 1. The Bertz CT molecular complexity index is 775. The Morgan fingerprint density at radius 3 is 2.68 bits per heavy atom. The number of nitrogens with zero attached hydrogens (tertiary/aromatic N) is 2. The highest BCUT2D eigenvalue weighted by molar-refractivity contribution is 6.10. The van der Waals surface area contributed by atoms with E-state index in [1.54, 1.807) is 30.5 Å². The molecule has 1 aromatic heterocycles. The van der Waals surface area contributed by atoms with Crippen molar-refractivity contribution in [3.8, 4) is 11.5 Å². The third kappa shape index (κ3) is 3.29. The van der Waals surface area contributed by atoms with Crippen LogP contribution in [0.4, 0.5) is 5.69 Å². The lowest BCUT2D eigenvalue weighted by atomic mass is 10.2. The Morgan fingerprint density at radius 1 is 1.16 bits per heavy atom. The second-order valence-corrected chi connectivity index (χ2v) is 6.28. The summed E-state index contributed by atoms with van der Waals surface area (Å²) < 4.78 is 11.6. The van der Waals surface area contributed by atoms with Gasteiger partial charge in [0.2, 0.25) is 0 Å². The van der Waals surface area contributed by atoms with Crippen molar-refractivity contribution >= 4 is 24.0 Å². The van der Waals surface area contributed by atoms with Gasteiger partial charge in [-0.1, -0.05) is 0 Å². The summed E-state index contributed by atoms with van der Waals surface area (Å²) in [5, 5.41) is 0. The molecule has 2 heterocycles. The van der Waals surface area contributed by atoms with Crippen molar-refractivity contribution in [1.29, 1.82) is 0 Å². The topological polar surface area (TPSA) is 51.7 Å². The molecule has 0 atom stereocenters. The van der Waals surface area contributed by atoms with Crippen molar-refractivity contribution in [2.24, 2.45) is 0 Å². The molecule has 1 aromatic carbocycles. The first-order chi connectivity index (χ1) is 11.8. The third-order valence-corrected chi connectivity index (χ3v) is 4.76. The van der Waals surface area contributed by atoms with Gasteiger partial charge in [-0.25, -0.2) is 0 Å². The molecule has 1 aliphatic carbocycles. The standard InChI is InChI=1S/C19H20N2O3.ClH/c1-23-17-7-6-14(10-18(17)24-15-4-2-3-5-15)21-12-13-11-20-9-8-16(13)19(21)22;/h6-11,15H,2-5,12H2,1H3;1H. The fraction of sp³-hybridized carbons (Fsp3) is 0.368. The number of halogens is 1. The van der Waals surface area contributed by atoms with Crippen LogP contribution in [0.3, 0.4) is 0 Å². The van der Waals surface area contributed by atoms with Crippen molar-refractivity contribution in [3.05, 3.63) is 47.8 Å². The van der Waals surface area contributed by atoms with Crippen molar-refractivity contribution in [1.82, 2.24) is 4.98 Å². The number of amides is 1. The highest BCUT2D eigenvalue weighted by Crippen LogP contribution is 2.37. The van der Waals surface area contributed by atoms with Gasteiger partial charge in [0.05, 0.1) is 19.8 Å². The molecule has 5 nitrogen and oxygen atoms in total. The van der Waals surface area contributed by atoms with Crippen molar-refractivity contribution < 1.29 is 14.3 Å². The first kappa shape index (κ1) is 17.5. The minimum Gasteiger partial charge on any atom is -0.493 e. The number of hydrogen-bond acceptors (Lipinski definition) is 4. The van der Waals surface area contributed by atoms with E-state index < -0.39 is 0 Å². The van der Waals surface area contributed by atoms with E-state index in [0.29, 0.717) is 18.0 Å². The van der Waals surface area contributed by atoms with Crippen LogP contribution in [0.5, 0.6) is 11.5 Å². The van der Waals surface area contributed by atoms with Gasteiger partial charge in [0.1, 0.15) is 0 Å². The Morgan fingerprint density at radius 2 is 1.96 bits per heavy atom. The molecule has 25 heavy (non-hydrogen) atoms. The minimum absolute atomic E-state index is 0. The van der Waals surface area contributed by atoms with Crippen LogP contribution in [-0.4, -0.2) is 24.1 Å². The molecule has 4 rings (SSSR count). The Balaban J connectivity index is 0.00000182. The number of carbonyl (C=O) groups is 1. The van der Waals surface area contributed by atoms with E-state index in [1.165, 1.54) is 12.8 Å². The number of rotatable bonds is 4. The summed E-state index contributed by atoms with van der Waals surface area (Å²) in [6.07, 6.45) is 8.22. The van der Waals surface area contributed by atoms with E-state index in [2.05, 4.69) is 4.98 Å². The molecule has 0 unspecified atom stereocenters. The average molecular weight is 361 g/mol. The number of hydrogen-bond donors (Lipinski definition) is 0. The molecule has 2 aliphatic rings. The molecule has 6 heteroatoms. The Kier molecular flexibility index (Phi) is 5.13. The quantitative estimate of drug-likeness (QED) is 0.827. The molecule has 0 saturated heterocycles. The van der Waals surface area contributed by atoms with E-state index in [4.69, 9.17) is 9.47 Å². The van der Waals surface area contributed by atoms with E-state index in [1.807, 2.05) is 18.2 Å². The molecular formula is C19H21ClN2O3. The van der Waals surface area contributed by atoms with E-state index in [0.717, 1.165) is 29.7 Å². The summed E-state index contributed by atoms with van der Waals surface area (Å²) in [5.74, 6) is 1.42. The SMILES string of the molecule is COc1ccc(N2Cc3cnccc3C2=O)cc1OC1CCCC1.Cl. The first-order valence-corrected chi connectivity index (χ1v) is 8.35. The van der Waals surface area contributed by atoms with Crippen LogP contribution < -0.4 is 14.4 Å². The molecular weight excluding hydrogens is 340 g/mol. The maximum atomic E-state index is 12.6. The van der Waals surface area contributed by atoms with E-state index in [9.17, 15) is 4.79 Å². The largest absolute Gasteiger partial charge is 0.493 e. The summed E-state index contributed by atoms with van der Waals surface area (Å²) in [7, 11) is 1.64. The summed E-state index contributed by atoms with van der Waals surface area (Å²) in [5.41, 5.74) is 2.50. The lowest BCUT2D eigenvalue weighted by molar-refractivity contribution is 0.0996. The van der Waals surface area contributed by atoms with Crippen LogP contribution in [0.2, 0.25) is 0 Å². The Labute approximate surface area is 153 Å². The number of fused-ring (bicyclic) bond motifs is 1. The second-order valence-electron chi connectivity index (χ2n) is 6.28. The van der Waals surface area contributed by atoms with Gasteiger partial charge in [0, 0.05) is 35.3 Å². The van der Waals surface area contributed by atoms with Crippen LogP contribution in [0.1, 0.15) is 41.6 Å². The fourth-order valence-electron chi connectivity index (χ4n) is 3.47. The van der Waals surface area contributed by atoms with Crippen LogP contribution in [0, 0.1) is 0 Å². The molecule has 0 radical (unpaired) electrons. The van der Waals surface area contributed by atoms with Gasteiger partial charge >= 0.3 is 0 Å². The lowest BCUT2D eigenvalue weighted by Gasteiger charge is -2.20. The van der Waals surface area contributed by atoms with E-state index >= 15 is 0 Å². The third-order valence-electron chi connectivity index (χ3n) is 4.76. The average Bonchev–Trinajstić information content (AvgIpc) is 3.23. The normalized spacial score (nSPS) is 16.5. The zero-order valence-electron chi connectivity index (χ0n) is 14.1. The van der Waals surface area contributed by atoms with Crippen LogP contribution in [0.15, 0.2) is 36.7 Å². The first-order valence-electron chi connectivity index (χ1n) is 8.35. The number of aromatic nitrogens is 1. The smallest absolute Gasteiger partial charge is 0.259 e. The van der Waals surface area contributed by atoms with Crippen molar-refractivity contribution in [3.63, 3.8) is 0 Å². The minimum atomic E-state index is 0. The lowest BCUT2D eigenvalue weighted by Crippen LogP contribution is -2.23. The van der Waals surface area contributed by atoms with Crippen LogP contribution >= 0.6 is 12.4 Å². The van der Waals surface area contributed by atoms with Gasteiger partial charge in [-0.2, -0.15) is 0 Å². The van der Waals surface area contributed by atoms with Gasteiger partial charge in [0.15, 0.2) is 11.5 Å². The predicted octanol–water partition coefficient (Wildman–Crippen LogP) is 3.99.